The van der Waals surface area contributed by atoms with Gasteiger partial charge in [-0.2, -0.15) is 0 Å². The van der Waals surface area contributed by atoms with Gasteiger partial charge in [-0.1, -0.05) is 11.6 Å². The van der Waals surface area contributed by atoms with Crippen molar-refractivity contribution in [3.8, 4) is 5.75 Å². The number of nitrogens with zero attached hydrogens (tertiary/aromatic N) is 2. The van der Waals surface area contributed by atoms with E-state index in [1.54, 1.807) is 34.1 Å². The maximum atomic E-state index is 13.0. The molecule has 0 aliphatic carbocycles. The Balaban J connectivity index is 1.48. The SMILES string of the molecule is O=C(COc1ccc(Cl)cc1)N1CCN(C(=O)c2ccc(F)cc2)CC1. The molecule has 0 saturated carbocycles. The van der Waals surface area contributed by atoms with E-state index in [9.17, 15) is 14.0 Å². The van der Waals surface area contributed by atoms with E-state index in [2.05, 4.69) is 0 Å². The van der Waals surface area contributed by atoms with E-state index in [-0.39, 0.29) is 24.2 Å². The van der Waals surface area contributed by atoms with E-state index in [4.69, 9.17) is 16.3 Å². The number of benzene rings is 2. The van der Waals surface area contributed by atoms with Crippen LogP contribution >= 0.6 is 11.6 Å². The molecule has 0 N–H and O–H groups in total. The molecule has 0 unspecified atom stereocenters. The number of carbonyl (C=O) groups is 2. The lowest BCUT2D eigenvalue weighted by Gasteiger charge is -2.34. The van der Waals surface area contributed by atoms with Crippen molar-refractivity contribution < 1.29 is 18.7 Å². The highest BCUT2D eigenvalue weighted by molar-refractivity contribution is 6.30. The highest BCUT2D eigenvalue weighted by atomic mass is 35.5. The van der Waals surface area contributed by atoms with Gasteiger partial charge in [0, 0.05) is 36.8 Å². The lowest BCUT2D eigenvalue weighted by molar-refractivity contribution is -0.134. The van der Waals surface area contributed by atoms with E-state index in [0.717, 1.165) is 0 Å². The first-order valence-corrected chi connectivity index (χ1v) is 8.62. The van der Waals surface area contributed by atoms with Gasteiger partial charge in [0.05, 0.1) is 0 Å². The fraction of sp³-hybridized carbons (Fsp3) is 0.263. The summed E-state index contributed by atoms with van der Waals surface area (Å²) < 4.78 is 18.4. The van der Waals surface area contributed by atoms with Crippen LogP contribution in [0.3, 0.4) is 0 Å². The third-order valence-electron chi connectivity index (χ3n) is 4.19. The summed E-state index contributed by atoms with van der Waals surface area (Å²) in [5.74, 6) is -0.0890. The second-order valence-electron chi connectivity index (χ2n) is 5.92. The normalized spacial score (nSPS) is 14.2. The molecule has 1 saturated heterocycles. The molecule has 0 atom stereocenters. The van der Waals surface area contributed by atoms with Crippen LogP contribution in [-0.4, -0.2) is 54.4 Å². The molecule has 136 valence electrons. The fourth-order valence-corrected chi connectivity index (χ4v) is 2.83. The van der Waals surface area contributed by atoms with E-state index in [1.807, 2.05) is 0 Å². The average molecular weight is 377 g/mol. The summed E-state index contributed by atoms with van der Waals surface area (Å²) in [6.07, 6.45) is 0. The van der Waals surface area contributed by atoms with Gasteiger partial charge < -0.3 is 14.5 Å². The Kier molecular flexibility index (Phi) is 5.73. The molecule has 2 aromatic carbocycles. The molecule has 5 nitrogen and oxygen atoms in total. The number of piperazine rings is 1. The van der Waals surface area contributed by atoms with Gasteiger partial charge in [0.2, 0.25) is 0 Å². The Morgan fingerprint density at radius 3 is 2.12 bits per heavy atom. The molecule has 0 radical (unpaired) electrons. The smallest absolute Gasteiger partial charge is 0.260 e. The monoisotopic (exact) mass is 376 g/mol. The van der Waals surface area contributed by atoms with Crippen LogP contribution in [-0.2, 0) is 4.79 Å². The first-order chi connectivity index (χ1) is 12.5. The summed E-state index contributed by atoms with van der Waals surface area (Å²) in [6, 6.07) is 12.3. The number of ether oxygens (including phenoxy) is 1. The maximum Gasteiger partial charge on any atom is 0.260 e. The summed E-state index contributed by atoms with van der Waals surface area (Å²) >= 11 is 5.81. The third kappa shape index (κ3) is 4.52. The maximum absolute atomic E-state index is 13.0. The number of rotatable bonds is 4. The molecule has 3 rings (SSSR count). The molecule has 0 spiro atoms. The van der Waals surface area contributed by atoms with Gasteiger partial charge in [0.25, 0.3) is 11.8 Å². The van der Waals surface area contributed by atoms with E-state index in [0.29, 0.717) is 42.5 Å². The predicted octanol–water partition coefficient (Wildman–Crippen LogP) is 2.84. The molecular formula is C19H18ClFN2O3. The van der Waals surface area contributed by atoms with Gasteiger partial charge in [0.15, 0.2) is 6.61 Å². The minimum atomic E-state index is -0.377. The van der Waals surface area contributed by atoms with Crippen molar-refractivity contribution in [2.24, 2.45) is 0 Å². The van der Waals surface area contributed by atoms with Gasteiger partial charge in [-0.15, -0.1) is 0 Å². The first-order valence-electron chi connectivity index (χ1n) is 8.24. The molecular weight excluding hydrogens is 359 g/mol. The van der Waals surface area contributed by atoms with Crippen molar-refractivity contribution in [2.75, 3.05) is 32.8 Å². The van der Waals surface area contributed by atoms with Gasteiger partial charge in [-0.3, -0.25) is 9.59 Å². The number of carbonyl (C=O) groups excluding carboxylic acids is 2. The number of amides is 2. The largest absolute Gasteiger partial charge is 0.484 e. The third-order valence-corrected chi connectivity index (χ3v) is 4.44. The minimum absolute atomic E-state index is 0.0620. The standard InChI is InChI=1S/C19H18ClFN2O3/c20-15-3-7-17(8-4-15)26-13-18(24)22-9-11-23(12-10-22)19(25)14-1-5-16(21)6-2-14/h1-8H,9-13H2. The Morgan fingerprint density at radius 2 is 1.50 bits per heavy atom. The van der Waals surface area contributed by atoms with Crippen molar-refractivity contribution in [2.45, 2.75) is 0 Å². The predicted molar refractivity (Wildman–Crippen MR) is 95.8 cm³/mol. The van der Waals surface area contributed by atoms with Crippen LogP contribution in [0.5, 0.6) is 5.75 Å². The quantitative estimate of drug-likeness (QED) is 0.824. The van der Waals surface area contributed by atoms with Crippen LogP contribution in [0.25, 0.3) is 0 Å². The topological polar surface area (TPSA) is 49.9 Å². The van der Waals surface area contributed by atoms with Crippen LogP contribution in [0.1, 0.15) is 10.4 Å². The minimum Gasteiger partial charge on any atom is -0.484 e. The Morgan fingerprint density at radius 1 is 0.923 bits per heavy atom. The number of hydrogen-bond acceptors (Lipinski definition) is 3. The van der Waals surface area contributed by atoms with Crippen molar-refractivity contribution in [1.82, 2.24) is 9.80 Å². The van der Waals surface area contributed by atoms with Crippen molar-refractivity contribution in [3.05, 3.63) is 64.9 Å². The van der Waals surface area contributed by atoms with Gasteiger partial charge >= 0.3 is 0 Å². The lowest BCUT2D eigenvalue weighted by atomic mass is 10.2. The highest BCUT2D eigenvalue weighted by Crippen LogP contribution is 2.16. The zero-order valence-electron chi connectivity index (χ0n) is 14.0. The lowest BCUT2D eigenvalue weighted by Crippen LogP contribution is -2.51. The molecule has 26 heavy (non-hydrogen) atoms. The van der Waals surface area contributed by atoms with Gasteiger partial charge in [-0.05, 0) is 48.5 Å². The molecule has 2 amide bonds. The van der Waals surface area contributed by atoms with Crippen LogP contribution in [0.4, 0.5) is 4.39 Å². The summed E-state index contributed by atoms with van der Waals surface area (Å²) in [5, 5.41) is 0.602. The molecule has 7 heteroatoms. The van der Waals surface area contributed by atoms with Crippen molar-refractivity contribution in [1.29, 1.82) is 0 Å². The molecule has 1 heterocycles. The van der Waals surface area contributed by atoms with Gasteiger partial charge in [0.1, 0.15) is 11.6 Å². The van der Waals surface area contributed by atoms with Crippen LogP contribution in [0.15, 0.2) is 48.5 Å². The number of halogens is 2. The van der Waals surface area contributed by atoms with Crippen LogP contribution < -0.4 is 4.74 Å². The molecule has 1 fully saturated rings. The zero-order valence-corrected chi connectivity index (χ0v) is 14.8. The first kappa shape index (κ1) is 18.2. The Labute approximate surface area is 155 Å². The number of hydrogen-bond donors (Lipinski definition) is 0. The van der Waals surface area contributed by atoms with Crippen molar-refractivity contribution >= 4 is 23.4 Å². The fourth-order valence-electron chi connectivity index (χ4n) is 2.70. The van der Waals surface area contributed by atoms with E-state index < -0.39 is 0 Å². The van der Waals surface area contributed by atoms with E-state index >= 15 is 0 Å². The molecule has 2 aromatic rings. The molecule has 0 bridgehead atoms. The summed E-state index contributed by atoms with van der Waals surface area (Å²) in [6.45, 7) is 1.69. The zero-order chi connectivity index (χ0) is 18.5. The van der Waals surface area contributed by atoms with Crippen LogP contribution in [0.2, 0.25) is 5.02 Å². The summed E-state index contributed by atoms with van der Waals surface area (Å²) in [5.41, 5.74) is 0.442. The van der Waals surface area contributed by atoms with Gasteiger partial charge in [-0.25, -0.2) is 4.39 Å². The molecule has 1 aliphatic rings. The highest BCUT2D eigenvalue weighted by Gasteiger charge is 2.25. The van der Waals surface area contributed by atoms with E-state index in [1.165, 1.54) is 24.3 Å². The average Bonchev–Trinajstić information content (AvgIpc) is 2.67. The van der Waals surface area contributed by atoms with Crippen LogP contribution in [0, 0.1) is 5.82 Å². The summed E-state index contributed by atoms with van der Waals surface area (Å²) in [4.78, 5) is 28.0. The Bertz CT molecular complexity index is 772. The molecule has 0 aromatic heterocycles. The Hall–Kier alpha value is -2.60. The molecule has 1 aliphatic heterocycles. The second-order valence-corrected chi connectivity index (χ2v) is 6.36. The second kappa shape index (κ2) is 8.19. The summed E-state index contributed by atoms with van der Waals surface area (Å²) in [7, 11) is 0. The van der Waals surface area contributed by atoms with Crippen molar-refractivity contribution in [3.63, 3.8) is 0 Å².